The van der Waals surface area contributed by atoms with E-state index in [0.29, 0.717) is 16.1 Å². The second-order valence-electron chi connectivity index (χ2n) is 7.73. The third-order valence-corrected chi connectivity index (χ3v) is 6.19. The lowest BCUT2D eigenvalue weighted by atomic mass is 10.1. The minimum absolute atomic E-state index is 0.0544. The summed E-state index contributed by atoms with van der Waals surface area (Å²) in [5, 5.41) is 16.5. The monoisotopic (exact) mass is 439 g/mol. The van der Waals surface area contributed by atoms with Crippen LogP contribution in [0, 0.1) is 25.2 Å². The Morgan fingerprint density at radius 1 is 1.27 bits per heavy atom. The van der Waals surface area contributed by atoms with Crippen molar-refractivity contribution in [3.05, 3.63) is 57.9 Å². The first-order valence-electron chi connectivity index (χ1n) is 9.69. The van der Waals surface area contributed by atoms with Crippen molar-refractivity contribution in [2.75, 3.05) is 0 Å². The van der Waals surface area contributed by atoms with Crippen molar-refractivity contribution in [3.63, 3.8) is 0 Å². The van der Waals surface area contributed by atoms with Crippen molar-refractivity contribution in [1.29, 1.82) is 5.41 Å². The average Bonchev–Trinajstić information content (AvgIpc) is 3.19. The van der Waals surface area contributed by atoms with Gasteiger partial charge in [-0.05, 0) is 61.4 Å². The molecule has 0 unspecified atom stereocenters. The molecule has 0 atom stereocenters. The minimum atomic E-state index is -0.415. The van der Waals surface area contributed by atoms with Gasteiger partial charge < -0.3 is 4.57 Å². The van der Waals surface area contributed by atoms with Gasteiger partial charge in [-0.2, -0.15) is 15.1 Å². The van der Waals surface area contributed by atoms with Crippen LogP contribution in [0.2, 0.25) is 5.02 Å². The molecule has 3 heterocycles. The van der Waals surface area contributed by atoms with Gasteiger partial charge in [0.05, 0.1) is 16.3 Å². The van der Waals surface area contributed by atoms with Crippen LogP contribution in [0.15, 0.2) is 46.0 Å². The van der Waals surface area contributed by atoms with E-state index in [1.54, 1.807) is 6.08 Å². The predicted octanol–water partition coefficient (Wildman–Crippen LogP) is 5.41. The van der Waals surface area contributed by atoms with Crippen LogP contribution in [0.3, 0.4) is 0 Å². The van der Waals surface area contributed by atoms with Crippen LogP contribution in [0.4, 0.5) is 0 Å². The zero-order valence-electron chi connectivity index (χ0n) is 17.2. The summed E-state index contributed by atoms with van der Waals surface area (Å²) in [6.45, 7) is 8.18. The number of hydrogen-bond acceptors (Lipinski definition) is 4. The van der Waals surface area contributed by atoms with Crippen LogP contribution >= 0.6 is 23.4 Å². The molecule has 2 aliphatic heterocycles. The van der Waals surface area contributed by atoms with Crippen LogP contribution in [0.5, 0.6) is 0 Å². The second kappa shape index (κ2) is 7.89. The molecule has 0 fully saturated rings. The van der Waals surface area contributed by atoms with Gasteiger partial charge in [-0.15, -0.1) is 0 Å². The standard InChI is InChI=1S/C22H22ClN5OS/c1-12(2)9-19-26-28-20(24)16(21(29)25-22(28)30-19)11-15-10-13(3)27(14(15)4)18-8-6-5-7-17(18)23/h5-8,10-12,24H,9H2,1-4H3/b16-11+,24-20?. The number of carbonyl (C=O) groups excluding carboxylic acids is 1. The van der Waals surface area contributed by atoms with Gasteiger partial charge in [0, 0.05) is 17.8 Å². The minimum Gasteiger partial charge on any atom is -0.316 e. The van der Waals surface area contributed by atoms with E-state index in [4.69, 9.17) is 17.0 Å². The largest absolute Gasteiger partial charge is 0.316 e. The number of carbonyl (C=O) groups is 1. The van der Waals surface area contributed by atoms with Crippen molar-refractivity contribution in [2.45, 2.75) is 34.1 Å². The quantitative estimate of drug-likeness (QED) is 0.647. The molecular weight excluding hydrogens is 418 g/mol. The molecular formula is C22H22ClN5OS. The van der Waals surface area contributed by atoms with E-state index in [9.17, 15) is 4.79 Å². The average molecular weight is 440 g/mol. The van der Waals surface area contributed by atoms with Crippen LogP contribution in [-0.4, -0.2) is 31.5 Å². The number of nitrogens with zero attached hydrogens (tertiary/aromatic N) is 4. The Kier molecular flexibility index (Phi) is 5.42. The van der Waals surface area contributed by atoms with Gasteiger partial charge in [0.2, 0.25) is 5.17 Å². The van der Waals surface area contributed by atoms with Gasteiger partial charge in [0.25, 0.3) is 5.91 Å². The van der Waals surface area contributed by atoms with E-state index in [1.165, 1.54) is 16.8 Å². The Hall–Kier alpha value is -2.64. The van der Waals surface area contributed by atoms with Crippen molar-refractivity contribution in [3.8, 4) is 5.69 Å². The predicted molar refractivity (Wildman–Crippen MR) is 125 cm³/mol. The van der Waals surface area contributed by atoms with Crippen LogP contribution in [0.1, 0.15) is 37.2 Å². The van der Waals surface area contributed by atoms with Crippen LogP contribution in [0.25, 0.3) is 11.8 Å². The third-order valence-electron chi connectivity index (χ3n) is 4.94. The van der Waals surface area contributed by atoms with Crippen LogP contribution in [-0.2, 0) is 4.79 Å². The molecule has 8 heteroatoms. The number of amides is 1. The van der Waals surface area contributed by atoms with Crippen molar-refractivity contribution >= 4 is 51.4 Å². The summed E-state index contributed by atoms with van der Waals surface area (Å²) >= 11 is 7.76. The number of amidine groups is 2. The summed E-state index contributed by atoms with van der Waals surface area (Å²) in [5.41, 5.74) is 3.87. The molecule has 30 heavy (non-hydrogen) atoms. The molecule has 0 saturated heterocycles. The van der Waals surface area contributed by atoms with Gasteiger partial charge in [-0.3, -0.25) is 10.2 Å². The van der Waals surface area contributed by atoms with E-state index in [1.807, 2.05) is 48.7 Å². The van der Waals surface area contributed by atoms with E-state index in [0.717, 1.165) is 34.1 Å². The number of thioether (sulfide) groups is 1. The lowest BCUT2D eigenvalue weighted by molar-refractivity contribution is -0.114. The first kappa shape index (κ1) is 20.6. The number of hydrazone groups is 1. The van der Waals surface area contributed by atoms with E-state index < -0.39 is 5.91 Å². The topological polar surface area (TPSA) is 73.8 Å². The number of benzene rings is 1. The Morgan fingerprint density at radius 2 is 2.00 bits per heavy atom. The number of nitrogens with one attached hydrogen (secondary N) is 1. The second-order valence-corrected chi connectivity index (χ2v) is 9.17. The van der Waals surface area contributed by atoms with E-state index >= 15 is 0 Å². The molecule has 1 N–H and O–H groups in total. The van der Waals surface area contributed by atoms with Gasteiger partial charge in [0.15, 0.2) is 5.84 Å². The maximum absolute atomic E-state index is 12.7. The molecule has 154 valence electrons. The molecule has 0 bridgehead atoms. The van der Waals surface area contributed by atoms with Crippen molar-refractivity contribution in [2.24, 2.45) is 16.0 Å². The highest BCUT2D eigenvalue weighted by atomic mass is 35.5. The molecule has 0 saturated carbocycles. The van der Waals surface area contributed by atoms with Gasteiger partial charge in [-0.1, -0.05) is 37.6 Å². The Bertz CT molecular complexity index is 1160. The highest BCUT2D eigenvalue weighted by molar-refractivity contribution is 8.26. The fraction of sp³-hybridized carbons (Fsp3) is 0.273. The smallest absolute Gasteiger partial charge is 0.283 e. The molecule has 1 aromatic heterocycles. The molecule has 2 aromatic rings. The number of hydrogen-bond donors (Lipinski definition) is 1. The molecule has 0 spiro atoms. The Labute approximate surface area is 184 Å². The number of rotatable bonds is 4. The Morgan fingerprint density at radius 3 is 2.70 bits per heavy atom. The number of fused-ring (bicyclic) bond motifs is 1. The summed E-state index contributed by atoms with van der Waals surface area (Å²) < 4.78 is 2.05. The highest BCUT2D eigenvalue weighted by Gasteiger charge is 2.35. The summed E-state index contributed by atoms with van der Waals surface area (Å²) in [7, 11) is 0. The third kappa shape index (κ3) is 3.63. The maximum atomic E-state index is 12.7. The summed E-state index contributed by atoms with van der Waals surface area (Å²) in [5.74, 6) is 0.0781. The SMILES string of the molecule is Cc1cc(/C=C2\C(=N)N3N=C(CC(C)C)SC3=NC2=O)c(C)n1-c1ccccc1Cl. The Balaban J connectivity index is 1.72. The van der Waals surface area contributed by atoms with Gasteiger partial charge >= 0.3 is 0 Å². The molecule has 2 aliphatic rings. The molecule has 0 radical (unpaired) electrons. The number of halogens is 1. The molecule has 4 rings (SSSR count). The normalized spacial score (nSPS) is 17.7. The van der Waals surface area contributed by atoms with E-state index in [2.05, 4.69) is 23.9 Å². The first-order chi connectivity index (χ1) is 14.3. The molecule has 0 aliphatic carbocycles. The van der Waals surface area contributed by atoms with Crippen molar-refractivity contribution in [1.82, 2.24) is 9.58 Å². The summed E-state index contributed by atoms with van der Waals surface area (Å²) in [6, 6.07) is 9.62. The molecule has 6 nitrogen and oxygen atoms in total. The lowest BCUT2D eigenvalue weighted by Crippen LogP contribution is -2.35. The fourth-order valence-electron chi connectivity index (χ4n) is 3.56. The van der Waals surface area contributed by atoms with Crippen LogP contribution < -0.4 is 0 Å². The molecule has 1 aromatic carbocycles. The van der Waals surface area contributed by atoms with Gasteiger partial charge in [-0.25, -0.2) is 0 Å². The first-order valence-corrected chi connectivity index (χ1v) is 10.9. The number of para-hydroxylation sites is 1. The fourth-order valence-corrected chi connectivity index (χ4v) is 4.87. The highest BCUT2D eigenvalue weighted by Crippen LogP contribution is 2.32. The van der Waals surface area contributed by atoms with Crippen molar-refractivity contribution < 1.29 is 4.79 Å². The zero-order valence-corrected chi connectivity index (χ0v) is 18.8. The van der Waals surface area contributed by atoms with Gasteiger partial charge in [0.1, 0.15) is 5.04 Å². The number of aliphatic imine (C=N–C) groups is 1. The summed E-state index contributed by atoms with van der Waals surface area (Å²) in [6.07, 6.45) is 2.51. The molecule has 1 amide bonds. The summed E-state index contributed by atoms with van der Waals surface area (Å²) in [4.78, 5) is 16.9. The zero-order chi connectivity index (χ0) is 21.6. The van der Waals surface area contributed by atoms with E-state index in [-0.39, 0.29) is 11.4 Å². The lowest BCUT2D eigenvalue weighted by Gasteiger charge is -2.20. The number of aryl methyl sites for hydroxylation is 1. The maximum Gasteiger partial charge on any atom is 0.283 e. The number of aromatic nitrogens is 1.